The Balaban J connectivity index is 3.67. The average molecular weight is 186 g/mol. The first-order valence-corrected chi connectivity index (χ1v) is 7.09. The van der Waals surface area contributed by atoms with Gasteiger partial charge >= 0.3 is 0 Å². The Morgan fingerprint density at radius 3 is 2.00 bits per heavy atom. The summed E-state index contributed by atoms with van der Waals surface area (Å²) in [5.41, 5.74) is 0. The third-order valence-corrected chi connectivity index (χ3v) is 6.42. The van der Waals surface area contributed by atoms with Crippen molar-refractivity contribution < 1.29 is 0 Å². The van der Waals surface area contributed by atoms with Gasteiger partial charge in [0.05, 0.1) is 0 Å². The van der Waals surface area contributed by atoms with Crippen LogP contribution in [0.1, 0.15) is 48.0 Å². The van der Waals surface area contributed by atoms with Crippen molar-refractivity contribution in [3.8, 4) is 0 Å². The maximum atomic E-state index is 2.44. The zero-order chi connectivity index (χ0) is 9.78. The molecular formula is C11H26Si. The summed E-state index contributed by atoms with van der Waals surface area (Å²) in [6, 6.07) is 1.53. The molecule has 12 heavy (non-hydrogen) atoms. The van der Waals surface area contributed by atoms with E-state index < -0.39 is 0 Å². The van der Waals surface area contributed by atoms with Gasteiger partial charge in [-0.2, -0.15) is 0 Å². The lowest BCUT2D eigenvalue weighted by atomic mass is 10.0. The van der Waals surface area contributed by atoms with Crippen LogP contribution in [0.5, 0.6) is 0 Å². The maximum Gasteiger partial charge on any atom is 0.0266 e. The lowest BCUT2D eigenvalue weighted by Gasteiger charge is -2.25. The van der Waals surface area contributed by atoms with E-state index >= 15 is 0 Å². The Morgan fingerprint density at radius 1 is 1.17 bits per heavy atom. The van der Waals surface area contributed by atoms with Gasteiger partial charge in [0.25, 0.3) is 0 Å². The molecule has 74 valence electrons. The monoisotopic (exact) mass is 186 g/mol. The van der Waals surface area contributed by atoms with Gasteiger partial charge in [-0.1, -0.05) is 54.0 Å². The Bertz CT molecular complexity index is 116. The van der Waals surface area contributed by atoms with E-state index in [2.05, 4.69) is 41.5 Å². The fraction of sp³-hybridized carbons (Fsp3) is 1.00. The van der Waals surface area contributed by atoms with Crippen LogP contribution in [0.15, 0.2) is 0 Å². The highest BCUT2D eigenvalue weighted by Gasteiger charge is 2.17. The van der Waals surface area contributed by atoms with Crippen molar-refractivity contribution >= 4 is 9.52 Å². The fourth-order valence-electron chi connectivity index (χ4n) is 1.13. The van der Waals surface area contributed by atoms with Gasteiger partial charge in [-0.25, -0.2) is 0 Å². The molecule has 0 aliphatic heterocycles. The molecule has 0 spiro atoms. The zero-order valence-electron chi connectivity index (χ0n) is 9.78. The van der Waals surface area contributed by atoms with E-state index in [4.69, 9.17) is 0 Å². The van der Waals surface area contributed by atoms with Crippen molar-refractivity contribution in [1.29, 1.82) is 0 Å². The van der Waals surface area contributed by atoms with E-state index in [0.717, 1.165) is 11.8 Å². The molecule has 1 unspecified atom stereocenters. The molecule has 0 fully saturated rings. The minimum atomic E-state index is 0.149. The molecule has 0 heterocycles. The summed E-state index contributed by atoms with van der Waals surface area (Å²) in [5.74, 6) is 1.83. The molecule has 0 aromatic rings. The second-order valence-electron chi connectivity index (χ2n) is 5.28. The Labute approximate surface area is 81.0 Å². The standard InChI is InChI=1S/C11H26Si/c1-7-11(5,6)12-8-10(4)9(2)3/h9-10H,7-8,12H2,1-6H3. The van der Waals surface area contributed by atoms with Crippen LogP contribution in [-0.4, -0.2) is 9.52 Å². The third kappa shape index (κ3) is 4.97. The van der Waals surface area contributed by atoms with E-state index in [1.165, 1.54) is 12.5 Å². The van der Waals surface area contributed by atoms with Crippen LogP contribution in [0.3, 0.4) is 0 Å². The van der Waals surface area contributed by atoms with Gasteiger partial charge in [0.1, 0.15) is 0 Å². The van der Waals surface area contributed by atoms with Gasteiger partial charge < -0.3 is 0 Å². The molecule has 0 saturated heterocycles. The molecule has 0 aliphatic rings. The molecule has 1 heteroatoms. The smallest absolute Gasteiger partial charge is 0.0266 e. The number of hydrogen-bond acceptors (Lipinski definition) is 0. The van der Waals surface area contributed by atoms with Gasteiger partial charge in [0.2, 0.25) is 0 Å². The largest absolute Gasteiger partial charge is 0.0652 e. The SMILES string of the molecule is CCC(C)(C)[SiH2]CC(C)C(C)C. The molecule has 0 aromatic heterocycles. The van der Waals surface area contributed by atoms with Crippen molar-refractivity contribution in [3.63, 3.8) is 0 Å². The van der Waals surface area contributed by atoms with Crippen LogP contribution in [0.2, 0.25) is 11.1 Å². The fourth-order valence-corrected chi connectivity index (χ4v) is 3.39. The van der Waals surface area contributed by atoms with E-state index in [-0.39, 0.29) is 9.52 Å². The highest BCUT2D eigenvalue weighted by Crippen LogP contribution is 2.30. The average Bonchev–Trinajstić information content (AvgIpc) is 2.00. The maximum absolute atomic E-state index is 2.44. The van der Waals surface area contributed by atoms with Crippen LogP contribution in [0, 0.1) is 11.8 Å². The molecule has 0 amide bonds. The van der Waals surface area contributed by atoms with Crippen LogP contribution >= 0.6 is 0 Å². The van der Waals surface area contributed by atoms with Crippen LogP contribution < -0.4 is 0 Å². The second-order valence-corrected chi connectivity index (χ2v) is 8.27. The highest BCUT2D eigenvalue weighted by atomic mass is 28.2. The molecule has 0 nitrogen and oxygen atoms in total. The van der Waals surface area contributed by atoms with Crippen LogP contribution in [0.25, 0.3) is 0 Å². The third-order valence-electron chi connectivity index (χ3n) is 3.37. The Morgan fingerprint density at radius 2 is 1.67 bits per heavy atom. The van der Waals surface area contributed by atoms with E-state index in [1.54, 1.807) is 0 Å². The van der Waals surface area contributed by atoms with Gasteiger partial charge in [-0.3, -0.25) is 0 Å². The second kappa shape index (κ2) is 5.06. The van der Waals surface area contributed by atoms with Gasteiger partial charge in [0.15, 0.2) is 0 Å². The van der Waals surface area contributed by atoms with E-state index in [9.17, 15) is 0 Å². The number of rotatable bonds is 5. The predicted octanol–water partition coefficient (Wildman–Crippen LogP) is 3.47. The zero-order valence-corrected chi connectivity index (χ0v) is 11.2. The molecule has 0 radical (unpaired) electrons. The predicted molar refractivity (Wildman–Crippen MR) is 61.7 cm³/mol. The Hall–Kier alpha value is 0.217. The molecule has 0 saturated carbocycles. The van der Waals surface area contributed by atoms with Gasteiger partial charge in [-0.15, -0.1) is 0 Å². The van der Waals surface area contributed by atoms with Gasteiger partial charge in [-0.05, 0) is 16.9 Å². The Kier molecular flexibility index (Phi) is 5.15. The van der Waals surface area contributed by atoms with Gasteiger partial charge in [0, 0.05) is 9.52 Å². The van der Waals surface area contributed by atoms with E-state index in [0.29, 0.717) is 5.04 Å². The first kappa shape index (κ1) is 12.2. The van der Waals surface area contributed by atoms with Crippen molar-refractivity contribution in [3.05, 3.63) is 0 Å². The molecule has 0 aromatic carbocycles. The quantitative estimate of drug-likeness (QED) is 0.577. The van der Waals surface area contributed by atoms with Crippen LogP contribution in [0.4, 0.5) is 0 Å². The minimum absolute atomic E-state index is 0.149. The summed E-state index contributed by atoms with van der Waals surface area (Å²) in [6.07, 6.45) is 1.37. The summed E-state index contributed by atoms with van der Waals surface area (Å²) >= 11 is 0. The highest BCUT2D eigenvalue weighted by molar-refractivity contribution is 6.39. The van der Waals surface area contributed by atoms with E-state index in [1.807, 2.05) is 0 Å². The summed E-state index contributed by atoms with van der Waals surface area (Å²) < 4.78 is 0. The molecule has 0 N–H and O–H groups in total. The molecular weight excluding hydrogens is 160 g/mol. The molecule has 0 aliphatic carbocycles. The first-order chi connectivity index (χ1) is 5.39. The minimum Gasteiger partial charge on any atom is -0.0652 e. The summed E-state index contributed by atoms with van der Waals surface area (Å²) in [7, 11) is 0.149. The first-order valence-electron chi connectivity index (χ1n) is 5.39. The van der Waals surface area contributed by atoms with Crippen molar-refractivity contribution in [1.82, 2.24) is 0 Å². The lowest BCUT2D eigenvalue weighted by Crippen LogP contribution is -2.16. The normalized spacial score (nSPS) is 16.2. The summed E-state index contributed by atoms with van der Waals surface area (Å²) in [5, 5.41) is 0.698. The summed E-state index contributed by atoms with van der Waals surface area (Å²) in [6.45, 7) is 14.3. The molecule has 1 atom stereocenters. The van der Waals surface area contributed by atoms with Crippen molar-refractivity contribution in [2.75, 3.05) is 0 Å². The molecule has 0 bridgehead atoms. The topological polar surface area (TPSA) is 0 Å². The van der Waals surface area contributed by atoms with Crippen LogP contribution in [-0.2, 0) is 0 Å². The lowest BCUT2D eigenvalue weighted by molar-refractivity contribution is 0.450. The van der Waals surface area contributed by atoms with Crippen molar-refractivity contribution in [2.45, 2.75) is 59.0 Å². The summed E-state index contributed by atoms with van der Waals surface area (Å²) in [4.78, 5) is 0. The number of hydrogen-bond donors (Lipinski definition) is 0. The molecule has 0 rings (SSSR count). The van der Waals surface area contributed by atoms with Crippen molar-refractivity contribution in [2.24, 2.45) is 11.8 Å².